The first kappa shape index (κ1) is 37.4. The molecule has 2 atom stereocenters. The fourth-order valence-corrected chi connectivity index (χ4v) is 6.34. The van der Waals surface area contributed by atoms with Gasteiger partial charge in [0.05, 0.1) is 16.6 Å². The molecule has 48 heavy (non-hydrogen) atoms. The molecule has 17 heteroatoms. The van der Waals surface area contributed by atoms with Crippen molar-refractivity contribution in [2.75, 3.05) is 11.9 Å². The van der Waals surface area contributed by atoms with Crippen LogP contribution in [0.1, 0.15) is 47.3 Å². The van der Waals surface area contributed by atoms with E-state index >= 15 is 0 Å². The number of aromatic amines is 1. The van der Waals surface area contributed by atoms with Gasteiger partial charge in [0.1, 0.15) is 11.9 Å². The van der Waals surface area contributed by atoms with Crippen LogP contribution in [0.15, 0.2) is 65.8 Å². The van der Waals surface area contributed by atoms with E-state index in [1.165, 1.54) is 25.3 Å². The zero-order valence-corrected chi connectivity index (χ0v) is 27.4. The van der Waals surface area contributed by atoms with E-state index in [9.17, 15) is 41.1 Å². The van der Waals surface area contributed by atoms with Crippen molar-refractivity contribution in [1.82, 2.24) is 25.2 Å². The average molecular weight is 693 g/mol. The number of fused-ring (bicyclic) bond motifs is 1. The highest BCUT2D eigenvalue weighted by Gasteiger charge is 2.42. The third-order valence-electron chi connectivity index (χ3n) is 6.77. The summed E-state index contributed by atoms with van der Waals surface area (Å²) in [5.41, 5.74) is 0.434. The molecule has 0 aliphatic heterocycles. The van der Waals surface area contributed by atoms with Crippen LogP contribution in [0.4, 0.5) is 19.0 Å². The van der Waals surface area contributed by atoms with Crippen LogP contribution in [0.5, 0.6) is 0 Å². The summed E-state index contributed by atoms with van der Waals surface area (Å²) in [4.78, 5) is 39.1. The molecular formula is C31H35F3N6O7S. The fraction of sp³-hybridized carbons (Fsp3) is 0.323. The Bertz CT molecular complexity index is 1860. The van der Waals surface area contributed by atoms with Crippen LogP contribution in [0.2, 0.25) is 0 Å². The van der Waals surface area contributed by atoms with Crippen molar-refractivity contribution in [3.05, 3.63) is 83.2 Å². The first-order valence-electron chi connectivity index (χ1n) is 14.4. The lowest BCUT2D eigenvalue weighted by Gasteiger charge is -2.28. The number of hydrogen-bond donors (Lipinski definition) is 5. The SMILES string of the molecule is CC(CCNc1ccccn1)OC(=O)C(F)(F)F.Cc1cc(C)c(S(=O)(=O)NC(C)(NC(=O)c2ccc3[nH]ncc3c2)C(=O)O)c(C)c1. The number of carboxylic acid groups (broad SMARTS) is 1. The fourth-order valence-electron chi connectivity index (χ4n) is 4.60. The highest BCUT2D eigenvalue weighted by molar-refractivity contribution is 7.89. The number of hydrogen-bond acceptors (Lipinski definition) is 9. The molecule has 0 radical (unpaired) electrons. The van der Waals surface area contributed by atoms with E-state index in [0.717, 1.165) is 12.5 Å². The van der Waals surface area contributed by atoms with Gasteiger partial charge in [0.25, 0.3) is 5.91 Å². The highest BCUT2D eigenvalue weighted by atomic mass is 32.2. The topological polar surface area (TPSA) is 192 Å². The van der Waals surface area contributed by atoms with E-state index in [1.54, 1.807) is 56.4 Å². The maximum absolute atomic E-state index is 13.0. The Balaban J connectivity index is 0.000000297. The summed E-state index contributed by atoms with van der Waals surface area (Å²) in [6.07, 6.45) is -2.37. The lowest BCUT2D eigenvalue weighted by molar-refractivity contribution is -0.204. The van der Waals surface area contributed by atoms with E-state index < -0.39 is 45.8 Å². The van der Waals surface area contributed by atoms with Gasteiger partial charge in [-0.15, -0.1) is 0 Å². The van der Waals surface area contributed by atoms with Crippen LogP contribution in [-0.2, 0) is 24.3 Å². The van der Waals surface area contributed by atoms with Crippen molar-refractivity contribution in [3.63, 3.8) is 0 Å². The number of pyridine rings is 1. The smallest absolute Gasteiger partial charge is 0.478 e. The molecule has 4 rings (SSSR count). The quantitative estimate of drug-likeness (QED) is 0.111. The number of aliphatic carboxylic acids is 1. The molecule has 0 spiro atoms. The van der Waals surface area contributed by atoms with Gasteiger partial charge >= 0.3 is 18.1 Å². The number of nitrogens with zero attached hydrogens (tertiary/aromatic N) is 2. The van der Waals surface area contributed by atoms with Crippen LogP contribution in [0.25, 0.3) is 10.9 Å². The molecular weight excluding hydrogens is 657 g/mol. The predicted molar refractivity (Wildman–Crippen MR) is 170 cm³/mol. The monoisotopic (exact) mass is 692 g/mol. The second-order valence-corrected chi connectivity index (χ2v) is 12.7. The van der Waals surface area contributed by atoms with E-state index in [0.29, 0.717) is 34.4 Å². The minimum absolute atomic E-state index is 0.0189. The number of sulfonamides is 1. The van der Waals surface area contributed by atoms with E-state index in [-0.39, 0.29) is 16.9 Å². The lowest BCUT2D eigenvalue weighted by Crippen LogP contribution is -2.63. The summed E-state index contributed by atoms with van der Waals surface area (Å²) in [5.74, 6) is -3.84. The number of H-pyrrole nitrogens is 1. The second kappa shape index (κ2) is 15.2. The van der Waals surface area contributed by atoms with Gasteiger partial charge in [0.15, 0.2) is 0 Å². The van der Waals surface area contributed by atoms with Gasteiger partial charge in [-0.2, -0.15) is 23.0 Å². The normalized spacial score (nSPS) is 13.4. The third kappa shape index (κ3) is 9.98. The number of ether oxygens (including phenoxy) is 1. The molecule has 258 valence electrons. The van der Waals surface area contributed by atoms with Crippen LogP contribution in [0, 0.1) is 20.8 Å². The molecule has 0 aliphatic carbocycles. The molecule has 13 nitrogen and oxygen atoms in total. The lowest BCUT2D eigenvalue weighted by atomic mass is 10.1. The minimum Gasteiger partial charge on any atom is -0.478 e. The molecule has 0 saturated carbocycles. The van der Waals surface area contributed by atoms with Gasteiger partial charge in [0, 0.05) is 30.1 Å². The number of benzene rings is 2. The average Bonchev–Trinajstić information content (AvgIpc) is 3.44. The van der Waals surface area contributed by atoms with Crippen LogP contribution >= 0.6 is 0 Å². The third-order valence-corrected chi connectivity index (χ3v) is 8.63. The summed E-state index contributed by atoms with van der Waals surface area (Å²) in [6.45, 7) is 7.95. The van der Waals surface area contributed by atoms with E-state index in [4.69, 9.17) is 0 Å². The Morgan fingerprint density at radius 3 is 2.29 bits per heavy atom. The summed E-state index contributed by atoms with van der Waals surface area (Å²) in [6, 6.07) is 13.3. The largest absolute Gasteiger partial charge is 0.490 e. The van der Waals surface area contributed by atoms with Crippen molar-refractivity contribution >= 4 is 44.6 Å². The Morgan fingerprint density at radius 1 is 1.04 bits per heavy atom. The van der Waals surface area contributed by atoms with Crippen LogP contribution < -0.4 is 15.4 Å². The van der Waals surface area contributed by atoms with Gasteiger partial charge in [0.2, 0.25) is 15.7 Å². The predicted octanol–water partition coefficient (Wildman–Crippen LogP) is 4.37. The van der Waals surface area contributed by atoms with Crippen molar-refractivity contribution in [2.24, 2.45) is 0 Å². The summed E-state index contributed by atoms with van der Waals surface area (Å²) < 4.78 is 68.1. The van der Waals surface area contributed by atoms with Crippen molar-refractivity contribution in [2.45, 2.75) is 63.9 Å². The number of carbonyl (C=O) groups excluding carboxylic acids is 2. The Hall–Kier alpha value is -5.03. The number of carboxylic acids is 1. The number of nitrogens with one attached hydrogen (secondary N) is 4. The van der Waals surface area contributed by atoms with Crippen LogP contribution in [0.3, 0.4) is 0 Å². The van der Waals surface area contributed by atoms with Gasteiger partial charge in [-0.05, 0) is 76.1 Å². The molecule has 2 aromatic carbocycles. The minimum atomic E-state index is -4.94. The molecule has 2 heterocycles. The highest BCUT2D eigenvalue weighted by Crippen LogP contribution is 2.23. The number of rotatable bonds is 11. The van der Waals surface area contributed by atoms with E-state index in [1.807, 2.05) is 6.92 Å². The molecule has 0 fully saturated rings. The number of esters is 1. The maximum atomic E-state index is 13.0. The second-order valence-electron chi connectivity index (χ2n) is 11.0. The summed E-state index contributed by atoms with van der Waals surface area (Å²) in [7, 11) is -4.26. The van der Waals surface area contributed by atoms with Gasteiger partial charge in [-0.25, -0.2) is 23.0 Å². The van der Waals surface area contributed by atoms with Crippen molar-refractivity contribution in [3.8, 4) is 0 Å². The molecule has 0 saturated heterocycles. The molecule has 0 bridgehead atoms. The summed E-state index contributed by atoms with van der Waals surface area (Å²) >= 11 is 0. The number of amides is 1. The first-order valence-corrected chi connectivity index (χ1v) is 15.8. The molecule has 4 aromatic rings. The van der Waals surface area contributed by atoms with Crippen LogP contribution in [-0.4, -0.2) is 71.0 Å². The Labute approximate surface area is 274 Å². The standard InChI is InChI=1S/C20H22N4O5S.C11H13F3N2O2/c1-11-7-12(2)17(13(3)8-11)30(28,29)24-20(4,19(26)27)22-18(25)14-5-6-16-15(9-14)10-21-23-16;1-8(18-10(17)11(12,13)14)5-7-16-9-4-2-3-6-15-9/h5-10,24H,1-4H3,(H,21,23)(H,22,25)(H,26,27);2-4,6,8H,5,7H2,1H3,(H,15,16). The molecule has 1 amide bonds. The number of aromatic nitrogens is 3. The molecule has 5 N–H and O–H groups in total. The van der Waals surface area contributed by atoms with Crippen molar-refractivity contribution < 1.29 is 45.8 Å². The molecule has 2 unspecified atom stereocenters. The van der Waals surface area contributed by atoms with E-state index in [2.05, 4.69) is 35.3 Å². The summed E-state index contributed by atoms with van der Waals surface area (Å²) in [5, 5.41) is 22.2. The first-order chi connectivity index (χ1) is 22.3. The number of halogens is 3. The zero-order chi connectivity index (χ0) is 35.9. The molecule has 2 aromatic heterocycles. The zero-order valence-electron chi connectivity index (χ0n) is 26.6. The number of alkyl halides is 3. The number of anilines is 1. The molecule has 0 aliphatic rings. The Morgan fingerprint density at radius 2 is 1.71 bits per heavy atom. The van der Waals surface area contributed by atoms with Crippen molar-refractivity contribution in [1.29, 1.82) is 0 Å². The van der Waals surface area contributed by atoms with Gasteiger partial charge in [-0.1, -0.05) is 23.8 Å². The number of aryl methyl sites for hydroxylation is 3. The van der Waals surface area contributed by atoms with Gasteiger partial charge < -0.3 is 20.5 Å². The maximum Gasteiger partial charge on any atom is 0.490 e. The Kier molecular flexibility index (Phi) is 11.9. The number of carbonyl (C=O) groups is 3. The van der Waals surface area contributed by atoms with Gasteiger partial charge in [-0.3, -0.25) is 9.89 Å².